The highest BCUT2D eigenvalue weighted by Crippen LogP contribution is 2.55. The molecular formula is C9H13N3. The fourth-order valence-electron chi connectivity index (χ4n) is 2.57. The number of fused-ring (bicyclic) bond motifs is 1. The number of aryl methyl sites for hydroxylation is 1. The van der Waals surface area contributed by atoms with E-state index in [9.17, 15) is 0 Å². The van der Waals surface area contributed by atoms with Gasteiger partial charge in [-0.05, 0) is 31.0 Å². The van der Waals surface area contributed by atoms with Gasteiger partial charge in [-0.2, -0.15) is 5.10 Å². The lowest BCUT2D eigenvalue weighted by Gasteiger charge is -2.03. The maximum atomic E-state index is 4.20. The Bertz CT molecular complexity index is 294. The first-order valence-corrected chi connectivity index (χ1v) is 4.56. The third kappa shape index (κ3) is 0.719. The molecule has 1 unspecified atom stereocenters. The molecule has 12 heavy (non-hydrogen) atoms. The van der Waals surface area contributed by atoms with Crippen LogP contribution in [-0.4, -0.2) is 22.9 Å². The van der Waals surface area contributed by atoms with Gasteiger partial charge in [0.1, 0.15) is 0 Å². The van der Waals surface area contributed by atoms with Crippen molar-refractivity contribution in [3.63, 3.8) is 0 Å². The van der Waals surface area contributed by atoms with Gasteiger partial charge in [-0.25, -0.2) is 0 Å². The van der Waals surface area contributed by atoms with Gasteiger partial charge in [-0.1, -0.05) is 0 Å². The molecule has 0 bridgehead atoms. The van der Waals surface area contributed by atoms with E-state index < -0.39 is 0 Å². The van der Waals surface area contributed by atoms with Crippen molar-refractivity contribution in [3.05, 3.63) is 18.0 Å². The molecule has 3 heteroatoms. The van der Waals surface area contributed by atoms with Crippen LogP contribution in [0.5, 0.6) is 0 Å². The minimum Gasteiger partial charge on any atom is -0.316 e. The van der Waals surface area contributed by atoms with Crippen LogP contribution in [0, 0.1) is 11.8 Å². The Morgan fingerprint density at radius 3 is 2.83 bits per heavy atom. The highest BCUT2D eigenvalue weighted by molar-refractivity contribution is 5.24. The molecule has 0 spiro atoms. The summed E-state index contributed by atoms with van der Waals surface area (Å²) in [5.41, 5.74) is 1.42. The molecule has 1 aliphatic heterocycles. The van der Waals surface area contributed by atoms with E-state index in [0.717, 1.165) is 17.8 Å². The van der Waals surface area contributed by atoms with Gasteiger partial charge in [0.15, 0.2) is 0 Å². The molecule has 2 heterocycles. The molecule has 3 rings (SSSR count). The zero-order valence-electron chi connectivity index (χ0n) is 7.20. The predicted octanol–water partition coefficient (Wildman–Crippen LogP) is 0.353. The Kier molecular flexibility index (Phi) is 1.17. The lowest BCUT2D eigenvalue weighted by Crippen LogP contribution is -2.15. The smallest absolute Gasteiger partial charge is 0.0492 e. The van der Waals surface area contributed by atoms with Crippen molar-refractivity contribution < 1.29 is 0 Å². The maximum Gasteiger partial charge on any atom is 0.0492 e. The second-order valence-corrected chi connectivity index (χ2v) is 3.89. The summed E-state index contributed by atoms with van der Waals surface area (Å²) in [7, 11) is 2.04. The molecule has 1 aromatic rings. The van der Waals surface area contributed by atoms with Gasteiger partial charge in [-0.3, -0.25) is 4.68 Å². The van der Waals surface area contributed by atoms with Crippen LogP contribution in [0.4, 0.5) is 0 Å². The van der Waals surface area contributed by atoms with Gasteiger partial charge >= 0.3 is 0 Å². The van der Waals surface area contributed by atoms with Crippen molar-refractivity contribution in [3.8, 4) is 0 Å². The van der Waals surface area contributed by atoms with Crippen molar-refractivity contribution in [2.45, 2.75) is 5.92 Å². The quantitative estimate of drug-likeness (QED) is 0.647. The molecule has 1 N–H and O–H groups in total. The van der Waals surface area contributed by atoms with E-state index in [1.54, 1.807) is 0 Å². The molecule has 1 saturated heterocycles. The number of nitrogens with zero attached hydrogens (tertiary/aromatic N) is 2. The largest absolute Gasteiger partial charge is 0.316 e. The van der Waals surface area contributed by atoms with Gasteiger partial charge in [0.25, 0.3) is 0 Å². The van der Waals surface area contributed by atoms with E-state index in [2.05, 4.69) is 16.5 Å². The Morgan fingerprint density at radius 2 is 2.25 bits per heavy atom. The van der Waals surface area contributed by atoms with Crippen molar-refractivity contribution in [1.29, 1.82) is 0 Å². The molecule has 1 saturated carbocycles. The van der Waals surface area contributed by atoms with E-state index in [1.807, 2.05) is 17.9 Å². The fourth-order valence-corrected chi connectivity index (χ4v) is 2.57. The van der Waals surface area contributed by atoms with Crippen LogP contribution in [0.3, 0.4) is 0 Å². The van der Waals surface area contributed by atoms with E-state index in [1.165, 1.54) is 18.8 Å². The first kappa shape index (κ1) is 6.66. The zero-order valence-corrected chi connectivity index (χ0v) is 7.20. The summed E-state index contributed by atoms with van der Waals surface area (Å²) in [5.74, 6) is 2.61. The van der Waals surface area contributed by atoms with Gasteiger partial charge in [0, 0.05) is 24.9 Å². The third-order valence-electron chi connectivity index (χ3n) is 3.29. The van der Waals surface area contributed by atoms with Crippen molar-refractivity contribution in [1.82, 2.24) is 15.1 Å². The maximum absolute atomic E-state index is 4.20. The van der Waals surface area contributed by atoms with Gasteiger partial charge < -0.3 is 5.32 Å². The number of aromatic nitrogens is 2. The first-order valence-electron chi connectivity index (χ1n) is 4.56. The monoisotopic (exact) mass is 163 g/mol. The molecule has 0 aromatic carbocycles. The molecule has 64 valence electrons. The Morgan fingerprint density at radius 1 is 1.50 bits per heavy atom. The first-order chi connectivity index (χ1) is 5.88. The number of hydrogen-bond acceptors (Lipinski definition) is 2. The summed E-state index contributed by atoms with van der Waals surface area (Å²) in [5, 5.41) is 7.60. The molecule has 3 atom stereocenters. The van der Waals surface area contributed by atoms with E-state index >= 15 is 0 Å². The second-order valence-electron chi connectivity index (χ2n) is 3.89. The molecule has 3 nitrogen and oxygen atoms in total. The van der Waals surface area contributed by atoms with Crippen LogP contribution in [-0.2, 0) is 7.05 Å². The average molecular weight is 163 g/mol. The lowest BCUT2D eigenvalue weighted by molar-refractivity contribution is 0.631. The Labute approximate surface area is 71.8 Å². The minimum atomic E-state index is 0.804. The van der Waals surface area contributed by atoms with E-state index in [0.29, 0.717) is 0 Å². The Balaban J connectivity index is 1.89. The summed E-state index contributed by atoms with van der Waals surface area (Å²) in [6.45, 7) is 2.42. The average Bonchev–Trinajstić information content (AvgIpc) is 2.56. The van der Waals surface area contributed by atoms with Crippen LogP contribution in [0.15, 0.2) is 12.3 Å². The van der Waals surface area contributed by atoms with Crippen LogP contribution in [0.1, 0.15) is 11.6 Å². The summed E-state index contributed by atoms with van der Waals surface area (Å²) in [6.07, 6.45) is 1.90. The third-order valence-corrected chi connectivity index (χ3v) is 3.29. The highest BCUT2D eigenvalue weighted by Gasteiger charge is 2.54. The van der Waals surface area contributed by atoms with Crippen LogP contribution in [0.2, 0.25) is 0 Å². The van der Waals surface area contributed by atoms with Crippen molar-refractivity contribution in [2.75, 3.05) is 13.1 Å². The number of hydrogen-bond donors (Lipinski definition) is 1. The fraction of sp³-hybridized carbons (Fsp3) is 0.667. The molecule has 1 aromatic heterocycles. The van der Waals surface area contributed by atoms with Gasteiger partial charge in [0.2, 0.25) is 0 Å². The predicted molar refractivity (Wildman–Crippen MR) is 45.8 cm³/mol. The highest BCUT2D eigenvalue weighted by atomic mass is 15.3. The minimum absolute atomic E-state index is 0.804. The van der Waals surface area contributed by atoms with Crippen molar-refractivity contribution >= 4 is 0 Å². The molecule has 2 aliphatic rings. The lowest BCUT2D eigenvalue weighted by atomic mass is 10.2. The standard InChI is InChI=1S/C9H13N3/c1-12-8(2-3-11-12)9-6-4-10-5-7(6)9/h2-3,6-7,9-10H,4-5H2,1H3/t6-,7+,9?. The second kappa shape index (κ2) is 2.10. The normalized spacial score (nSPS) is 38.2. The van der Waals surface area contributed by atoms with E-state index in [-0.39, 0.29) is 0 Å². The van der Waals surface area contributed by atoms with Gasteiger partial charge in [-0.15, -0.1) is 0 Å². The Hall–Kier alpha value is -0.830. The van der Waals surface area contributed by atoms with Crippen LogP contribution >= 0.6 is 0 Å². The zero-order chi connectivity index (χ0) is 8.13. The number of piperidine rings is 1. The summed E-state index contributed by atoms with van der Waals surface area (Å²) < 4.78 is 2.02. The van der Waals surface area contributed by atoms with Crippen molar-refractivity contribution in [2.24, 2.45) is 18.9 Å². The molecular weight excluding hydrogens is 150 g/mol. The molecule has 1 aliphatic carbocycles. The molecule has 2 fully saturated rings. The summed E-state index contributed by atoms with van der Waals surface area (Å²) in [6, 6.07) is 2.16. The molecule has 0 radical (unpaired) electrons. The topological polar surface area (TPSA) is 29.9 Å². The number of rotatable bonds is 1. The number of nitrogens with one attached hydrogen (secondary N) is 1. The van der Waals surface area contributed by atoms with E-state index in [4.69, 9.17) is 0 Å². The van der Waals surface area contributed by atoms with Gasteiger partial charge in [0.05, 0.1) is 0 Å². The summed E-state index contributed by atoms with van der Waals surface area (Å²) in [4.78, 5) is 0. The van der Waals surface area contributed by atoms with Crippen LogP contribution in [0.25, 0.3) is 0 Å². The SMILES string of the molecule is Cn1nccc1C1[C@H]2CNC[C@@H]12. The summed E-state index contributed by atoms with van der Waals surface area (Å²) >= 11 is 0. The van der Waals surface area contributed by atoms with Crippen LogP contribution < -0.4 is 5.32 Å². The molecule has 0 amide bonds.